The van der Waals surface area contributed by atoms with Crippen LogP contribution in [0, 0.1) is 5.82 Å². The summed E-state index contributed by atoms with van der Waals surface area (Å²) in [5.41, 5.74) is 1.20. The van der Waals surface area contributed by atoms with Crippen molar-refractivity contribution in [3.8, 4) is 0 Å². The van der Waals surface area contributed by atoms with E-state index in [-0.39, 0.29) is 12.3 Å². The van der Waals surface area contributed by atoms with Gasteiger partial charge in [-0.05, 0) is 29.8 Å². The molecule has 0 saturated heterocycles. The fourth-order valence-corrected chi connectivity index (χ4v) is 1.75. The number of hydrogen-bond donors (Lipinski definition) is 2. The molecule has 2 amide bonds. The molecule has 2 rings (SSSR count). The first-order valence-electron chi connectivity index (χ1n) is 6.46. The molecule has 2 aromatic carbocycles. The zero-order valence-corrected chi connectivity index (χ0v) is 11.7. The Kier molecular flexibility index (Phi) is 5.17. The standard InChI is InChI=1S/C15H12F4N2O2/c16-11-7-5-10(6-8-11)9-23-21-14(22)20-13-4-2-1-3-12(13)15(17,18)19/h1-8H,9H2,(H2,20,21,22). The van der Waals surface area contributed by atoms with E-state index in [2.05, 4.69) is 5.32 Å². The van der Waals surface area contributed by atoms with Crippen LogP contribution in [0.5, 0.6) is 0 Å². The predicted molar refractivity (Wildman–Crippen MR) is 74.8 cm³/mol. The molecule has 0 atom stereocenters. The van der Waals surface area contributed by atoms with E-state index in [9.17, 15) is 22.4 Å². The fourth-order valence-electron chi connectivity index (χ4n) is 1.75. The number of carbonyl (C=O) groups excluding carboxylic acids is 1. The van der Waals surface area contributed by atoms with Gasteiger partial charge >= 0.3 is 12.2 Å². The molecule has 23 heavy (non-hydrogen) atoms. The number of alkyl halides is 3. The van der Waals surface area contributed by atoms with Crippen LogP contribution in [0.15, 0.2) is 48.5 Å². The molecule has 0 bridgehead atoms. The number of urea groups is 1. The summed E-state index contributed by atoms with van der Waals surface area (Å²) >= 11 is 0. The van der Waals surface area contributed by atoms with Crippen LogP contribution in [0.25, 0.3) is 0 Å². The Labute approximate surface area is 129 Å². The Bertz CT molecular complexity index is 672. The van der Waals surface area contributed by atoms with Gasteiger partial charge in [0.15, 0.2) is 0 Å². The third-order valence-corrected chi connectivity index (χ3v) is 2.80. The number of para-hydroxylation sites is 1. The van der Waals surface area contributed by atoms with Crippen molar-refractivity contribution >= 4 is 11.7 Å². The third-order valence-electron chi connectivity index (χ3n) is 2.80. The van der Waals surface area contributed by atoms with Gasteiger partial charge in [-0.2, -0.15) is 13.2 Å². The second kappa shape index (κ2) is 7.10. The maximum absolute atomic E-state index is 12.8. The van der Waals surface area contributed by atoms with Gasteiger partial charge in [0.2, 0.25) is 0 Å². The van der Waals surface area contributed by atoms with E-state index in [0.717, 1.165) is 12.1 Å². The largest absolute Gasteiger partial charge is 0.418 e. The number of halogens is 4. The maximum atomic E-state index is 12.8. The van der Waals surface area contributed by atoms with E-state index < -0.39 is 23.6 Å². The monoisotopic (exact) mass is 328 g/mol. The molecule has 0 aliphatic heterocycles. The predicted octanol–water partition coefficient (Wildman–Crippen LogP) is 4.10. The van der Waals surface area contributed by atoms with Crippen molar-refractivity contribution in [3.63, 3.8) is 0 Å². The highest BCUT2D eigenvalue weighted by Crippen LogP contribution is 2.34. The molecule has 0 heterocycles. The summed E-state index contributed by atoms with van der Waals surface area (Å²) in [6, 6.07) is 8.96. The number of anilines is 1. The van der Waals surface area contributed by atoms with Crippen molar-refractivity contribution in [2.24, 2.45) is 0 Å². The van der Waals surface area contributed by atoms with Gasteiger partial charge in [-0.1, -0.05) is 24.3 Å². The summed E-state index contributed by atoms with van der Waals surface area (Å²) in [5.74, 6) is -0.414. The zero-order valence-electron chi connectivity index (χ0n) is 11.7. The number of nitrogens with one attached hydrogen (secondary N) is 2. The average molecular weight is 328 g/mol. The number of carbonyl (C=O) groups is 1. The summed E-state index contributed by atoms with van der Waals surface area (Å²) < 4.78 is 51.0. The summed E-state index contributed by atoms with van der Waals surface area (Å²) in [6.45, 7) is -0.0609. The van der Waals surface area contributed by atoms with Gasteiger partial charge in [-0.25, -0.2) is 14.7 Å². The van der Waals surface area contributed by atoms with E-state index in [1.165, 1.54) is 36.4 Å². The Morgan fingerprint density at radius 3 is 2.35 bits per heavy atom. The number of rotatable bonds is 4. The van der Waals surface area contributed by atoms with Crippen LogP contribution in [0.3, 0.4) is 0 Å². The first-order valence-corrected chi connectivity index (χ1v) is 6.46. The lowest BCUT2D eigenvalue weighted by atomic mass is 10.1. The molecule has 0 fully saturated rings. The smallest absolute Gasteiger partial charge is 0.306 e. The van der Waals surface area contributed by atoms with Crippen molar-refractivity contribution in [3.05, 3.63) is 65.5 Å². The summed E-state index contributed by atoms with van der Waals surface area (Å²) in [5, 5.41) is 2.06. The quantitative estimate of drug-likeness (QED) is 0.656. The van der Waals surface area contributed by atoms with Gasteiger partial charge in [0.1, 0.15) is 5.82 Å². The van der Waals surface area contributed by atoms with E-state index in [1.807, 2.05) is 5.48 Å². The molecule has 0 saturated carbocycles. The van der Waals surface area contributed by atoms with Gasteiger partial charge in [0, 0.05) is 0 Å². The van der Waals surface area contributed by atoms with E-state index >= 15 is 0 Å². The summed E-state index contributed by atoms with van der Waals surface area (Å²) in [7, 11) is 0. The van der Waals surface area contributed by atoms with Crippen LogP contribution in [-0.2, 0) is 17.6 Å². The molecule has 0 aromatic heterocycles. The molecule has 0 spiro atoms. The molecule has 8 heteroatoms. The van der Waals surface area contributed by atoms with E-state index in [4.69, 9.17) is 4.84 Å². The van der Waals surface area contributed by atoms with Crippen LogP contribution in [0.4, 0.5) is 28.0 Å². The molecule has 0 aliphatic carbocycles. The zero-order chi connectivity index (χ0) is 16.9. The number of hydroxylamine groups is 1. The topological polar surface area (TPSA) is 50.4 Å². The Hall–Kier alpha value is -2.61. The van der Waals surface area contributed by atoms with Crippen molar-refractivity contribution in [2.45, 2.75) is 12.8 Å². The number of amides is 2. The van der Waals surface area contributed by atoms with E-state index in [0.29, 0.717) is 5.56 Å². The van der Waals surface area contributed by atoms with Crippen LogP contribution in [0.1, 0.15) is 11.1 Å². The molecule has 2 aromatic rings. The van der Waals surface area contributed by atoms with Crippen LogP contribution < -0.4 is 10.8 Å². The van der Waals surface area contributed by atoms with Crippen molar-refractivity contribution in [1.82, 2.24) is 5.48 Å². The third kappa shape index (κ3) is 4.96. The van der Waals surface area contributed by atoms with Crippen LogP contribution >= 0.6 is 0 Å². The van der Waals surface area contributed by atoms with Gasteiger partial charge < -0.3 is 5.32 Å². The first-order chi connectivity index (χ1) is 10.9. The summed E-state index contributed by atoms with van der Waals surface area (Å²) in [4.78, 5) is 16.4. The summed E-state index contributed by atoms with van der Waals surface area (Å²) in [6.07, 6.45) is -4.58. The minimum Gasteiger partial charge on any atom is -0.306 e. The lowest BCUT2D eigenvalue weighted by Gasteiger charge is -2.13. The van der Waals surface area contributed by atoms with Crippen molar-refractivity contribution in [1.29, 1.82) is 0 Å². The highest BCUT2D eigenvalue weighted by molar-refractivity contribution is 5.89. The molecule has 0 radical (unpaired) electrons. The van der Waals surface area contributed by atoms with Gasteiger partial charge in [0.05, 0.1) is 17.9 Å². The highest BCUT2D eigenvalue weighted by atomic mass is 19.4. The molecule has 0 unspecified atom stereocenters. The minimum absolute atomic E-state index is 0.0609. The molecule has 0 aliphatic rings. The molecule has 122 valence electrons. The number of hydrogen-bond acceptors (Lipinski definition) is 2. The Morgan fingerprint density at radius 1 is 1.04 bits per heavy atom. The van der Waals surface area contributed by atoms with Crippen LogP contribution in [-0.4, -0.2) is 6.03 Å². The first kappa shape index (κ1) is 16.8. The normalized spacial score (nSPS) is 11.1. The highest BCUT2D eigenvalue weighted by Gasteiger charge is 2.33. The molecular formula is C15H12F4N2O2. The fraction of sp³-hybridized carbons (Fsp3) is 0.133. The molecule has 4 nitrogen and oxygen atoms in total. The van der Waals surface area contributed by atoms with E-state index in [1.54, 1.807) is 0 Å². The van der Waals surface area contributed by atoms with Gasteiger partial charge in [0.25, 0.3) is 0 Å². The minimum atomic E-state index is -4.58. The average Bonchev–Trinajstić information content (AvgIpc) is 2.49. The molecule has 2 N–H and O–H groups in total. The Balaban J connectivity index is 1.89. The number of benzene rings is 2. The second-order valence-electron chi connectivity index (χ2n) is 4.51. The lowest BCUT2D eigenvalue weighted by Crippen LogP contribution is -2.29. The van der Waals surface area contributed by atoms with Crippen molar-refractivity contribution in [2.75, 3.05) is 5.32 Å². The SMILES string of the molecule is O=C(NOCc1ccc(F)cc1)Nc1ccccc1C(F)(F)F. The van der Waals surface area contributed by atoms with Gasteiger partial charge in [-0.3, -0.25) is 4.84 Å². The maximum Gasteiger partial charge on any atom is 0.418 e. The van der Waals surface area contributed by atoms with Crippen molar-refractivity contribution < 1.29 is 27.2 Å². The van der Waals surface area contributed by atoms with Crippen LogP contribution in [0.2, 0.25) is 0 Å². The van der Waals surface area contributed by atoms with Gasteiger partial charge in [-0.15, -0.1) is 0 Å². The lowest BCUT2D eigenvalue weighted by molar-refractivity contribution is -0.136. The Morgan fingerprint density at radius 2 is 1.70 bits per heavy atom. The molecular weight excluding hydrogens is 316 g/mol. The second-order valence-corrected chi connectivity index (χ2v) is 4.51.